The maximum absolute atomic E-state index is 14.4. The van der Waals surface area contributed by atoms with Crippen molar-refractivity contribution in [1.82, 2.24) is 9.97 Å². The van der Waals surface area contributed by atoms with Gasteiger partial charge >= 0.3 is 0 Å². The molecule has 0 amide bonds. The standard InChI is InChI=1S/C23H31FN4O2.C4H10O2.C2H4O2/c1-4-29-18-5-6-19(24)20(11-18)27-10-8-21(17(3)15-27)30-23-13-25-22(12-26-23)28-9-7-16(2)14-28;1-6-4-2-3-5;1-2(3)4/h5-6,11-13,16-17,21H,4,7-10,14-15H2,1-3H3;5H,2-4H2,1H3;1H3,(H,3,4)/t16?,17?,21-;;/m1../s1. The first-order valence-corrected chi connectivity index (χ1v) is 13.9. The zero-order valence-electron chi connectivity index (χ0n) is 24.4. The van der Waals surface area contributed by atoms with Crippen LogP contribution in [0.3, 0.4) is 0 Å². The van der Waals surface area contributed by atoms with Gasteiger partial charge in [-0.05, 0) is 37.8 Å². The summed E-state index contributed by atoms with van der Waals surface area (Å²) in [7, 11) is 1.62. The van der Waals surface area contributed by atoms with Crippen LogP contribution in [0.4, 0.5) is 15.9 Å². The molecule has 0 aliphatic carbocycles. The highest BCUT2D eigenvalue weighted by atomic mass is 19.1. The van der Waals surface area contributed by atoms with E-state index in [2.05, 4.69) is 38.4 Å². The van der Waals surface area contributed by atoms with E-state index < -0.39 is 5.97 Å². The zero-order chi connectivity index (χ0) is 29.5. The molecule has 224 valence electrons. The van der Waals surface area contributed by atoms with Crippen LogP contribution in [0.15, 0.2) is 30.6 Å². The van der Waals surface area contributed by atoms with Crippen molar-refractivity contribution in [3.8, 4) is 11.6 Å². The van der Waals surface area contributed by atoms with Gasteiger partial charge in [0.25, 0.3) is 5.97 Å². The first-order chi connectivity index (χ1) is 19.2. The number of piperidine rings is 1. The predicted octanol–water partition coefficient (Wildman–Crippen LogP) is 4.26. The van der Waals surface area contributed by atoms with Gasteiger partial charge in [0.1, 0.15) is 23.5 Å². The zero-order valence-corrected chi connectivity index (χ0v) is 24.4. The van der Waals surface area contributed by atoms with E-state index in [1.165, 1.54) is 12.5 Å². The molecule has 2 N–H and O–H groups in total. The molecule has 11 heteroatoms. The normalized spacial score (nSPS) is 20.1. The van der Waals surface area contributed by atoms with Gasteiger partial charge in [-0.15, -0.1) is 0 Å². The Balaban J connectivity index is 0.000000482. The molecular weight excluding hydrogens is 519 g/mol. The van der Waals surface area contributed by atoms with Crippen LogP contribution in [0.1, 0.15) is 47.0 Å². The van der Waals surface area contributed by atoms with Crippen molar-refractivity contribution in [1.29, 1.82) is 0 Å². The lowest BCUT2D eigenvalue weighted by Gasteiger charge is -2.38. The molecule has 2 fully saturated rings. The molecule has 0 bridgehead atoms. The van der Waals surface area contributed by atoms with Gasteiger partial charge in [0.15, 0.2) is 0 Å². The number of anilines is 2. The predicted molar refractivity (Wildman–Crippen MR) is 153 cm³/mol. The van der Waals surface area contributed by atoms with Crippen molar-refractivity contribution >= 4 is 17.5 Å². The summed E-state index contributed by atoms with van der Waals surface area (Å²) in [6.45, 7) is 12.4. The van der Waals surface area contributed by atoms with Crippen molar-refractivity contribution in [3.05, 3.63) is 36.4 Å². The number of nitrogens with zero attached hydrogens (tertiary/aromatic N) is 4. The van der Waals surface area contributed by atoms with Gasteiger partial charge in [0, 0.05) is 71.8 Å². The van der Waals surface area contributed by atoms with Crippen molar-refractivity contribution in [2.24, 2.45) is 11.8 Å². The molecule has 10 nitrogen and oxygen atoms in total. The first-order valence-electron chi connectivity index (χ1n) is 13.9. The molecule has 40 heavy (non-hydrogen) atoms. The van der Waals surface area contributed by atoms with Gasteiger partial charge < -0.3 is 34.2 Å². The number of halogens is 1. The highest BCUT2D eigenvalue weighted by Gasteiger charge is 2.29. The maximum Gasteiger partial charge on any atom is 0.300 e. The van der Waals surface area contributed by atoms with E-state index in [0.29, 0.717) is 43.0 Å². The molecule has 0 spiro atoms. The molecule has 4 rings (SSSR count). The van der Waals surface area contributed by atoms with Crippen LogP contribution in [0.2, 0.25) is 0 Å². The highest BCUT2D eigenvalue weighted by Crippen LogP contribution is 2.31. The Morgan fingerprint density at radius 1 is 1.12 bits per heavy atom. The van der Waals surface area contributed by atoms with Crippen LogP contribution < -0.4 is 19.3 Å². The Bertz CT molecular complexity index is 1000. The summed E-state index contributed by atoms with van der Waals surface area (Å²) in [5.74, 6) is 2.05. The quantitative estimate of drug-likeness (QED) is 0.428. The maximum atomic E-state index is 14.4. The number of aliphatic hydroxyl groups excluding tert-OH is 1. The number of carboxylic acids is 1. The van der Waals surface area contributed by atoms with Crippen molar-refractivity contribution in [2.45, 2.75) is 53.1 Å². The highest BCUT2D eigenvalue weighted by molar-refractivity contribution is 5.63. The molecule has 2 unspecified atom stereocenters. The molecular formula is C29H45FN4O6. The second kappa shape index (κ2) is 17.5. The Morgan fingerprint density at radius 3 is 2.38 bits per heavy atom. The molecule has 1 aromatic carbocycles. The van der Waals surface area contributed by atoms with E-state index in [0.717, 1.165) is 45.2 Å². The number of carboxylic acid groups (broad SMARTS) is 1. The Morgan fingerprint density at radius 2 is 1.85 bits per heavy atom. The molecule has 1 aromatic heterocycles. The van der Waals surface area contributed by atoms with Crippen LogP contribution in [0.5, 0.6) is 11.6 Å². The third kappa shape index (κ3) is 11.1. The van der Waals surface area contributed by atoms with Gasteiger partial charge in [0.05, 0.1) is 24.7 Å². The first kappa shape index (κ1) is 33.0. The fourth-order valence-electron chi connectivity index (χ4n) is 4.55. The van der Waals surface area contributed by atoms with Gasteiger partial charge in [-0.2, -0.15) is 0 Å². The minimum Gasteiger partial charge on any atom is -0.494 e. The van der Waals surface area contributed by atoms with Crippen molar-refractivity contribution < 1.29 is 33.6 Å². The van der Waals surface area contributed by atoms with Gasteiger partial charge in [-0.1, -0.05) is 13.8 Å². The van der Waals surface area contributed by atoms with Crippen LogP contribution in [-0.2, 0) is 9.53 Å². The fraction of sp³-hybridized carbons (Fsp3) is 0.621. The molecule has 0 radical (unpaired) electrons. The summed E-state index contributed by atoms with van der Waals surface area (Å²) in [6.07, 6.45) is 6.31. The lowest BCUT2D eigenvalue weighted by Crippen LogP contribution is -2.44. The summed E-state index contributed by atoms with van der Waals surface area (Å²) in [5, 5.41) is 15.5. The van der Waals surface area contributed by atoms with Crippen molar-refractivity contribution in [2.75, 3.05) is 62.9 Å². The van der Waals surface area contributed by atoms with Crippen LogP contribution in [0.25, 0.3) is 0 Å². The molecule has 3 heterocycles. The Kier molecular flexibility index (Phi) is 14.4. The molecule has 2 aromatic rings. The second-order valence-electron chi connectivity index (χ2n) is 10.1. The Hall–Kier alpha value is -3.18. The summed E-state index contributed by atoms with van der Waals surface area (Å²) < 4.78 is 30.7. The third-order valence-electron chi connectivity index (χ3n) is 6.54. The summed E-state index contributed by atoms with van der Waals surface area (Å²) in [5.41, 5.74) is 0.593. The van der Waals surface area contributed by atoms with Crippen molar-refractivity contribution in [3.63, 3.8) is 0 Å². The third-order valence-corrected chi connectivity index (χ3v) is 6.54. The second-order valence-corrected chi connectivity index (χ2v) is 10.1. The number of rotatable bonds is 9. The molecule has 2 saturated heterocycles. The number of carbonyl (C=O) groups is 1. The van der Waals surface area contributed by atoms with E-state index in [1.54, 1.807) is 25.4 Å². The SMILES string of the molecule is CC(=O)O.CCOc1ccc(F)c(N2CC[C@@H](Oc3cnc(N4CCC(C)C4)cn3)C(C)C2)c1.COCCCO. The van der Waals surface area contributed by atoms with Gasteiger partial charge in [0.2, 0.25) is 5.88 Å². The van der Waals surface area contributed by atoms with E-state index >= 15 is 0 Å². The van der Waals surface area contributed by atoms with Gasteiger partial charge in [-0.25, -0.2) is 14.4 Å². The van der Waals surface area contributed by atoms with Crippen LogP contribution >= 0.6 is 0 Å². The fourth-order valence-corrected chi connectivity index (χ4v) is 4.55. The number of benzene rings is 1. The van der Waals surface area contributed by atoms with Crippen LogP contribution in [0, 0.1) is 17.7 Å². The summed E-state index contributed by atoms with van der Waals surface area (Å²) >= 11 is 0. The minimum absolute atomic E-state index is 0.0337. The number of aliphatic hydroxyl groups is 1. The monoisotopic (exact) mass is 564 g/mol. The molecule has 0 saturated carbocycles. The largest absolute Gasteiger partial charge is 0.494 e. The van der Waals surface area contributed by atoms with E-state index in [1.807, 2.05) is 13.1 Å². The number of hydrogen-bond acceptors (Lipinski definition) is 9. The minimum atomic E-state index is -0.833. The average molecular weight is 565 g/mol. The Labute approximate surface area is 237 Å². The number of ether oxygens (including phenoxy) is 3. The van der Waals surface area contributed by atoms with Gasteiger partial charge in [-0.3, -0.25) is 4.79 Å². The van der Waals surface area contributed by atoms with Crippen LogP contribution in [-0.4, -0.2) is 85.4 Å². The molecule has 2 aliphatic rings. The smallest absolute Gasteiger partial charge is 0.300 e. The van der Waals surface area contributed by atoms with E-state index in [4.69, 9.17) is 24.5 Å². The summed E-state index contributed by atoms with van der Waals surface area (Å²) in [4.78, 5) is 22.4. The van der Waals surface area contributed by atoms with E-state index in [-0.39, 0.29) is 24.4 Å². The molecule has 3 atom stereocenters. The number of aliphatic carboxylic acids is 1. The lowest BCUT2D eigenvalue weighted by molar-refractivity contribution is -0.134. The number of methoxy groups -OCH3 is 1. The summed E-state index contributed by atoms with van der Waals surface area (Å²) in [6, 6.07) is 4.94. The van der Waals surface area contributed by atoms with E-state index in [9.17, 15) is 4.39 Å². The number of hydrogen-bond donors (Lipinski definition) is 2. The lowest BCUT2D eigenvalue weighted by atomic mass is 9.96. The number of aromatic nitrogens is 2. The molecule has 2 aliphatic heterocycles. The topological polar surface area (TPSA) is 117 Å². The average Bonchev–Trinajstić information content (AvgIpc) is 3.36.